The summed E-state index contributed by atoms with van der Waals surface area (Å²) in [6, 6.07) is 1.73. The number of aromatic amines is 1. The highest BCUT2D eigenvalue weighted by Crippen LogP contribution is 2.25. The summed E-state index contributed by atoms with van der Waals surface area (Å²) >= 11 is 1.18. The largest absolute Gasteiger partial charge is 0.374 e. The van der Waals surface area contributed by atoms with Gasteiger partial charge in [0, 0.05) is 5.41 Å². The number of hydrogen-bond donors (Lipinski definition) is 2. The molecule has 0 aliphatic rings. The van der Waals surface area contributed by atoms with Crippen LogP contribution in [0.15, 0.2) is 10.9 Å². The molecule has 7 heteroatoms. The van der Waals surface area contributed by atoms with Crippen LogP contribution >= 0.6 is 11.3 Å². The van der Waals surface area contributed by atoms with E-state index in [4.69, 9.17) is 5.73 Å². The molecule has 17 heavy (non-hydrogen) atoms. The number of nitrogen functional groups attached to an aromatic ring is 1. The molecule has 2 heterocycles. The second-order valence-electron chi connectivity index (χ2n) is 4.69. The Labute approximate surface area is 102 Å². The van der Waals surface area contributed by atoms with Crippen molar-refractivity contribution in [3.63, 3.8) is 0 Å². The van der Waals surface area contributed by atoms with Gasteiger partial charge < -0.3 is 5.73 Å². The Morgan fingerprint density at radius 1 is 1.35 bits per heavy atom. The first-order chi connectivity index (χ1) is 7.88. The third kappa shape index (κ3) is 2.33. The van der Waals surface area contributed by atoms with Crippen LogP contribution in [0.2, 0.25) is 0 Å². The Bertz CT molecular complexity index is 595. The molecule has 0 bridgehead atoms. The summed E-state index contributed by atoms with van der Waals surface area (Å²) in [6.45, 7) is 6.06. The summed E-state index contributed by atoms with van der Waals surface area (Å²) in [6.07, 6.45) is 0. The Morgan fingerprint density at radius 3 is 2.59 bits per heavy atom. The lowest BCUT2D eigenvalue weighted by Crippen LogP contribution is -2.20. The molecule has 0 aromatic carbocycles. The molecule has 0 atom stereocenters. The normalized spacial score (nSPS) is 11.7. The predicted molar refractivity (Wildman–Crippen MR) is 66.9 cm³/mol. The molecule has 6 nitrogen and oxygen atoms in total. The van der Waals surface area contributed by atoms with Crippen LogP contribution in [0.4, 0.5) is 5.13 Å². The predicted octanol–water partition coefficient (Wildman–Crippen LogP) is 1.17. The van der Waals surface area contributed by atoms with E-state index in [0.717, 1.165) is 5.69 Å². The van der Waals surface area contributed by atoms with E-state index in [9.17, 15) is 4.79 Å². The quantitative estimate of drug-likeness (QED) is 0.792. The molecule has 0 fully saturated rings. The number of nitrogens with zero attached hydrogens (tertiary/aromatic N) is 3. The summed E-state index contributed by atoms with van der Waals surface area (Å²) in [5.74, 6) is 0. The van der Waals surface area contributed by atoms with Gasteiger partial charge in [-0.2, -0.15) is 5.10 Å². The molecule has 90 valence electrons. The first-order valence-electron chi connectivity index (χ1n) is 5.07. The van der Waals surface area contributed by atoms with Crippen LogP contribution in [0.5, 0.6) is 0 Å². The first kappa shape index (κ1) is 11.7. The minimum absolute atomic E-state index is 0.144. The maximum absolute atomic E-state index is 11.7. The van der Waals surface area contributed by atoms with Crippen molar-refractivity contribution in [2.24, 2.45) is 0 Å². The smallest absolute Gasteiger partial charge is 0.274 e. The molecule has 0 spiro atoms. The van der Waals surface area contributed by atoms with E-state index in [2.05, 4.69) is 20.4 Å². The molecule has 0 unspecified atom stereocenters. The Balaban J connectivity index is 2.58. The van der Waals surface area contributed by atoms with E-state index in [-0.39, 0.29) is 11.0 Å². The van der Waals surface area contributed by atoms with E-state index in [1.807, 2.05) is 20.8 Å². The Hall–Kier alpha value is -1.76. The van der Waals surface area contributed by atoms with Crippen LogP contribution in [0, 0.1) is 0 Å². The minimum atomic E-state index is -0.283. The summed E-state index contributed by atoms with van der Waals surface area (Å²) in [5, 5.41) is 14.9. The van der Waals surface area contributed by atoms with Crippen LogP contribution in [-0.4, -0.2) is 20.4 Å². The van der Waals surface area contributed by atoms with Gasteiger partial charge in [0.1, 0.15) is 0 Å². The zero-order valence-electron chi connectivity index (χ0n) is 9.81. The number of nitrogens with one attached hydrogen (secondary N) is 1. The monoisotopic (exact) mass is 251 g/mol. The first-order valence-corrected chi connectivity index (χ1v) is 5.89. The molecule has 0 saturated heterocycles. The summed E-state index contributed by atoms with van der Waals surface area (Å²) in [7, 11) is 0. The van der Waals surface area contributed by atoms with Gasteiger partial charge in [-0.15, -0.1) is 10.2 Å². The molecular weight excluding hydrogens is 238 g/mol. The maximum Gasteiger partial charge on any atom is 0.274 e. The van der Waals surface area contributed by atoms with Crippen molar-refractivity contribution in [3.8, 4) is 10.6 Å². The highest BCUT2D eigenvalue weighted by molar-refractivity contribution is 7.18. The van der Waals surface area contributed by atoms with Crippen LogP contribution in [-0.2, 0) is 5.41 Å². The van der Waals surface area contributed by atoms with E-state index in [1.54, 1.807) is 6.07 Å². The molecule has 3 N–H and O–H groups in total. The maximum atomic E-state index is 11.7. The molecule has 0 saturated carbocycles. The number of nitrogens with two attached hydrogens (primary N) is 1. The molecule has 2 rings (SSSR count). The molecule has 2 aromatic heterocycles. The Morgan fingerprint density at radius 2 is 2.06 bits per heavy atom. The van der Waals surface area contributed by atoms with Crippen LogP contribution < -0.4 is 11.3 Å². The fourth-order valence-electron chi connectivity index (χ4n) is 1.29. The van der Waals surface area contributed by atoms with Gasteiger partial charge in [0.15, 0.2) is 5.01 Å². The fraction of sp³-hybridized carbons (Fsp3) is 0.400. The highest BCUT2D eigenvalue weighted by Gasteiger charge is 2.19. The van der Waals surface area contributed by atoms with E-state index < -0.39 is 0 Å². The van der Waals surface area contributed by atoms with E-state index >= 15 is 0 Å². The van der Waals surface area contributed by atoms with Gasteiger partial charge >= 0.3 is 0 Å². The topological polar surface area (TPSA) is 97.5 Å². The van der Waals surface area contributed by atoms with E-state index in [0.29, 0.717) is 15.7 Å². The van der Waals surface area contributed by atoms with Crippen LogP contribution in [0.3, 0.4) is 0 Å². The number of hydrogen-bond acceptors (Lipinski definition) is 6. The average molecular weight is 251 g/mol. The number of H-pyrrole nitrogens is 1. The zero-order valence-corrected chi connectivity index (χ0v) is 10.6. The standard InChI is InChI=1S/C10H13N5OS/c1-10(2,3)6-4-5(7(16)13-12-6)8-14-15-9(11)17-8/h4H,1-3H3,(H2,11,15)(H,13,16). The van der Waals surface area contributed by atoms with Gasteiger partial charge in [0.25, 0.3) is 5.56 Å². The van der Waals surface area contributed by atoms with Crippen molar-refractivity contribution in [3.05, 3.63) is 22.1 Å². The lowest BCUT2D eigenvalue weighted by molar-refractivity contribution is 0.557. The zero-order chi connectivity index (χ0) is 12.6. The summed E-state index contributed by atoms with van der Waals surface area (Å²) in [4.78, 5) is 11.7. The average Bonchev–Trinajstić information content (AvgIpc) is 2.63. The van der Waals surface area contributed by atoms with Crippen molar-refractivity contribution in [1.82, 2.24) is 20.4 Å². The highest BCUT2D eigenvalue weighted by atomic mass is 32.1. The van der Waals surface area contributed by atoms with Crippen LogP contribution in [0.25, 0.3) is 10.6 Å². The van der Waals surface area contributed by atoms with Gasteiger partial charge in [-0.1, -0.05) is 32.1 Å². The van der Waals surface area contributed by atoms with E-state index in [1.165, 1.54) is 11.3 Å². The molecule has 0 amide bonds. The van der Waals surface area contributed by atoms with Gasteiger partial charge in [-0.05, 0) is 6.07 Å². The lowest BCUT2D eigenvalue weighted by atomic mass is 9.91. The molecule has 2 aromatic rings. The van der Waals surface area contributed by atoms with Gasteiger partial charge in [-0.3, -0.25) is 4.79 Å². The minimum Gasteiger partial charge on any atom is -0.374 e. The fourth-order valence-corrected chi connectivity index (χ4v) is 1.92. The molecule has 0 radical (unpaired) electrons. The third-order valence-electron chi connectivity index (χ3n) is 2.24. The van der Waals surface area contributed by atoms with Crippen molar-refractivity contribution < 1.29 is 0 Å². The van der Waals surface area contributed by atoms with Crippen molar-refractivity contribution in [2.75, 3.05) is 5.73 Å². The summed E-state index contributed by atoms with van der Waals surface area (Å²) in [5.41, 5.74) is 6.33. The number of rotatable bonds is 1. The second-order valence-corrected chi connectivity index (χ2v) is 5.70. The molecule has 0 aliphatic carbocycles. The number of anilines is 1. The van der Waals surface area contributed by atoms with Crippen molar-refractivity contribution in [2.45, 2.75) is 26.2 Å². The number of aromatic nitrogens is 4. The summed E-state index contributed by atoms with van der Waals surface area (Å²) < 4.78 is 0. The van der Waals surface area contributed by atoms with Gasteiger partial charge in [0.05, 0.1) is 11.3 Å². The molecular formula is C10H13N5OS. The van der Waals surface area contributed by atoms with Gasteiger partial charge in [0.2, 0.25) is 5.13 Å². The lowest BCUT2D eigenvalue weighted by Gasteiger charge is -2.16. The Kier molecular flexibility index (Phi) is 2.70. The van der Waals surface area contributed by atoms with Crippen LogP contribution in [0.1, 0.15) is 26.5 Å². The molecule has 0 aliphatic heterocycles. The van der Waals surface area contributed by atoms with Gasteiger partial charge in [-0.25, -0.2) is 5.10 Å². The third-order valence-corrected chi connectivity index (χ3v) is 3.03. The van der Waals surface area contributed by atoms with Crippen molar-refractivity contribution in [1.29, 1.82) is 0 Å². The van der Waals surface area contributed by atoms with Crippen molar-refractivity contribution >= 4 is 16.5 Å². The SMILES string of the molecule is CC(C)(C)c1cc(-c2nnc(N)s2)c(=O)[nH]n1. The second kappa shape index (κ2) is 3.92.